The molecule has 1 heterocycles. The number of nitrogens with zero attached hydrogens (tertiary/aromatic N) is 1. The van der Waals surface area contributed by atoms with E-state index in [0.717, 1.165) is 60.2 Å². The molecule has 3 aromatic carbocycles. The molecule has 1 fully saturated rings. The van der Waals surface area contributed by atoms with Gasteiger partial charge < -0.3 is 24.8 Å². The Morgan fingerprint density at radius 1 is 1.00 bits per heavy atom. The highest BCUT2D eigenvalue weighted by Crippen LogP contribution is 2.35. The molecule has 0 unspecified atom stereocenters. The minimum absolute atomic E-state index is 0.0650. The summed E-state index contributed by atoms with van der Waals surface area (Å²) >= 11 is 18.4. The van der Waals surface area contributed by atoms with Crippen molar-refractivity contribution in [2.75, 3.05) is 26.3 Å². The van der Waals surface area contributed by atoms with Gasteiger partial charge in [-0.05, 0) is 72.8 Å². The lowest BCUT2D eigenvalue weighted by atomic mass is 9.93. The van der Waals surface area contributed by atoms with Gasteiger partial charge in [0.1, 0.15) is 24.8 Å². The number of hydrogen-bond acceptors (Lipinski definition) is 5. The van der Waals surface area contributed by atoms with Crippen LogP contribution < -0.4 is 14.8 Å². The fraction of sp³-hybridized carbons (Fsp3) is 0.290. The molecule has 1 aliphatic heterocycles. The standard InChI is InChI=1S/C30H28Cl3FN2O3.CH2O2/c31-26-4-2-1-3-20(26)18-36(22-7-8-22)30(37)25-17-35-12-11-24(25)19-5-9-23(10-6-19)38-13-14-39-29-27(32)15-21(34)16-28(29)33;2-1-3/h1-6,9-10,15-16,22,35H,7-8,11-14,17-18H2;1H,(H,2,3). The van der Waals surface area contributed by atoms with E-state index in [4.69, 9.17) is 54.2 Å². The Bertz CT molecular complexity index is 1410. The predicted molar refractivity (Wildman–Crippen MR) is 162 cm³/mol. The van der Waals surface area contributed by atoms with E-state index in [9.17, 15) is 9.18 Å². The van der Waals surface area contributed by atoms with Crippen molar-refractivity contribution in [3.05, 3.63) is 98.2 Å². The summed E-state index contributed by atoms with van der Waals surface area (Å²) in [4.78, 5) is 24.1. The van der Waals surface area contributed by atoms with Crippen molar-refractivity contribution in [2.24, 2.45) is 0 Å². The number of halogens is 4. The number of carbonyl (C=O) groups excluding carboxylic acids is 1. The lowest BCUT2D eigenvalue weighted by molar-refractivity contribution is -0.128. The van der Waals surface area contributed by atoms with Crippen molar-refractivity contribution in [3.63, 3.8) is 0 Å². The third-order valence-corrected chi connectivity index (χ3v) is 7.72. The zero-order valence-corrected chi connectivity index (χ0v) is 24.9. The van der Waals surface area contributed by atoms with Crippen LogP contribution in [0.3, 0.4) is 0 Å². The smallest absolute Gasteiger partial charge is 0.290 e. The van der Waals surface area contributed by atoms with Crippen molar-refractivity contribution in [2.45, 2.75) is 31.8 Å². The molecule has 5 rings (SSSR count). The van der Waals surface area contributed by atoms with Gasteiger partial charge in [0.05, 0.1) is 10.0 Å². The first-order valence-electron chi connectivity index (χ1n) is 13.4. The predicted octanol–water partition coefficient (Wildman–Crippen LogP) is 6.88. The van der Waals surface area contributed by atoms with Gasteiger partial charge in [0.15, 0.2) is 5.75 Å². The fourth-order valence-corrected chi connectivity index (χ4v) is 5.43. The summed E-state index contributed by atoms with van der Waals surface area (Å²) in [6.45, 7) is 2.03. The highest BCUT2D eigenvalue weighted by atomic mass is 35.5. The van der Waals surface area contributed by atoms with Crippen LogP contribution in [0.5, 0.6) is 11.5 Å². The maximum absolute atomic E-state index is 13.8. The molecule has 11 heteroatoms. The molecule has 222 valence electrons. The van der Waals surface area contributed by atoms with Crippen LogP contribution in [-0.4, -0.2) is 54.7 Å². The van der Waals surface area contributed by atoms with Crippen LogP contribution in [-0.2, 0) is 16.1 Å². The summed E-state index contributed by atoms with van der Waals surface area (Å²) in [5, 5.41) is 11.1. The first-order chi connectivity index (χ1) is 20.3. The molecule has 0 spiro atoms. The van der Waals surface area contributed by atoms with Gasteiger partial charge >= 0.3 is 0 Å². The number of rotatable bonds is 10. The third kappa shape index (κ3) is 8.38. The SMILES string of the molecule is O=C(C1=C(c2ccc(OCCOc3c(Cl)cc(F)cc3Cl)cc2)CCNC1)N(Cc1ccccc1Cl)C1CC1.O=CO. The van der Waals surface area contributed by atoms with Crippen LogP contribution >= 0.6 is 34.8 Å². The Kier molecular flexibility index (Phi) is 11.5. The lowest BCUT2D eigenvalue weighted by Crippen LogP contribution is -2.39. The van der Waals surface area contributed by atoms with E-state index < -0.39 is 5.82 Å². The Balaban J connectivity index is 0.00000129. The number of ether oxygens (including phenoxy) is 2. The van der Waals surface area contributed by atoms with Gasteiger partial charge in [-0.3, -0.25) is 9.59 Å². The molecule has 42 heavy (non-hydrogen) atoms. The highest BCUT2D eigenvalue weighted by molar-refractivity contribution is 6.37. The van der Waals surface area contributed by atoms with E-state index in [-0.39, 0.29) is 47.4 Å². The summed E-state index contributed by atoms with van der Waals surface area (Å²) in [7, 11) is 0. The van der Waals surface area contributed by atoms with E-state index in [1.165, 1.54) is 0 Å². The summed E-state index contributed by atoms with van der Waals surface area (Å²) in [6, 6.07) is 18.0. The largest absolute Gasteiger partial charge is 0.490 e. The van der Waals surface area contributed by atoms with Gasteiger partial charge in [0.2, 0.25) is 0 Å². The van der Waals surface area contributed by atoms with E-state index in [2.05, 4.69) is 5.32 Å². The number of carboxylic acid groups (broad SMARTS) is 1. The maximum Gasteiger partial charge on any atom is 0.290 e. The van der Waals surface area contributed by atoms with Gasteiger partial charge in [-0.15, -0.1) is 0 Å². The average Bonchev–Trinajstić information content (AvgIpc) is 3.82. The van der Waals surface area contributed by atoms with E-state index >= 15 is 0 Å². The van der Waals surface area contributed by atoms with Gasteiger partial charge in [0.25, 0.3) is 12.4 Å². The second kappa shape index (κ2) is 15.3. The highest BCUT2D eigenvalue weighted by Gasteiger charge is 2.35. The van der Waals surface area contributed by atoms with Crippen LogP contribution in [0.1, 0.15) is 30.4 Å². The fourth-order valence-electron chi connectivity index (χ4n) is 4.67. The number of carbonyl (C=O) groups is 2. The molecule has 2 aliphatic rings. The summed E-state index contributed by atoms with van der Waals surface area (Å²) in [5.74, 6) is 0.432. The minimum atomic E-state index is -0.525. The molecule has 0 radical (unpaired) electrons. The van der Waals surface area contributed by atoms with Crippen LogP contribution in [0, 0.1) is 5.82 Å². The van der Waals surface area contributed by atoms with Gasteiger partial charge in [0, 0.05) is 29.7 Å². The Hall–Kier alpha value is -3.30. The molecule has 2 N–H and O–H groups in total. The van der Waals surface area contributed by atoms with Crippen molar-refractivity contribution >= 4 is 52.8 Å². The first-order valence-corrected chi connectivity index (χ1v) is 14.5. The molecule has 0 saturated heterocycles. The molecule has 0 aromatic heterocycles. The average molecular weight is 636 g/mol. The third-order valence-electron chi connectivity index (χ3n) is 6.79. The molecule has 1 aliphatic carbocycles. The van der Waals surface area contributed by atoms with Crippen LogP contribution in [0.25, 0.3) is 5.57 Å². The lowest BCUT2D eigenvalue weighted by Gasteiger charge is -2.28. The second-order valence-electron chi connectivity index (χ2n) is 9.66. The first kappa shape index (κ1) is 31.6. The van der Waals surface area contributed by atoms with Crippen molar-refractivity contribution < 1.29 is 28.6 Å². The van der Waals surface area contributed by atoms with Crippen LogP contribution in [0.2, 0.25) is 15.1 Å². The quantitative estimate of drug-likeness (QED) is 0.187. The molecule has 1 amide bonds. The molecule has 7 nitrogen and oxygen atoms in total. The Morgan fingerprint density at radius 3 is 2.29 bits per heavy atom. The Labute approximate surface area is 258 Å². The topological polar surface area (TPSA) is 88.1 Å². The van der Waals surface area contributed by atoms with Gasteiger partial charge in [-0.1, -0.05) is 65.1 Å². The molecule has 0 bridgehead atoms. The zero-order chi connectivity index (χ0) is 30.1. The van der Waals surface area contributed by atoms with Crippen molar-refractivity contribution in [1.29, 1.82) is 0 Å². The van der Waals surface area contributed by atoms with Gasteiger partial charge in [-0.25, -0.2) is 4.39 Å². The van der Waals surface area contributed by atoms with E-state index in [1.807, 2.05) is 53.4 Å². The van der Waals surface area contributed by atoms with E-state index in [1.54, 1.807) is 0 Å². The summed E-state index contributed by atoms with van der Waals surface area (Å²) in [6.07, 6.45) is 2.79. The van der Waals surface area contributed by atoms with Crippen molar-refractivity contribution in [1.82, 2.24) is 10.2 Å². The summed E-state index contributed by atoms with van der Waals surface area (Å²) < 4.78 is 24.7. The normalized spacial score (nSPS) is 14.5. The molecule has 3 aromatic rings. The Morgan fingerprint density at radius 2 is 1.64 bits per heavy atom. The summed E-state index contributed by atoms with van der Waals surface area (Å²) in [5.41, 5.74) is 3.82. The monoisotopic (exact) mass is 634 g/mol. The second-order valence-corrected chi connectivity index (χ2v) is 10.9. The molecule has 1 saturated carbocycles. The number of amides is 1. The minimum Gasteiger partial charge on any atom is -0.490 e. The maximum atomic E-state index is 13.8. The van der Waals surface area contributed by atoms with Gasteiger partial charge in [-0.2, -0.15) is 0 Å². The molecular formula is C31H30Cl3FN2O5. The van der Waals surface area contributed by atoms with Crippen LogP contribution in [0.4, 0.5) is 4.39 Å². The van der Waals surface area contributed by atoms with Crippen molar-refractivity contribution in [3.8, 4) is 11.5 Å². The van der Waals surface area contributed by atoms with Crippen LogP contribution in [0.15, 0.2) is 66.2 Å². The number of nitrogens with one attached hydrogen (secondary N) is 1. The number of benzene rings is 3. The zero-order valence-electron chi connectivity index (χ0n) is 22.6. The molecular weight excluding hydrogens is 606 g/mol. The number of hydrogen-bond donors (Lipinski definition) is 2. The van der Waals surface area contributed by atoms with E-state index in [0.29, 0.717) is 23.9 Å². The molecule has 0 atom stereocenters.